The van der Waals surface area contributed by atoms with Crippen LogP contribution in [0.25, 0.3) is 5.57 Å². The highest BCUT2D eigenvalue weighted by molar-refractivity contribution is 6.31. The van der Waals surface area contributed by atoms with E-state index < -0.39 is 5.82 Å². The first kappa shape index (κ1) is 18.7. The average molecular weight is 388 g/mol. The van der Waals surface area contributed by atoms with Gasteiger partial charge in [-0.15, -0.1) is 0 Å². The Labute approximate surface area is 168 Å². The molecule has 1 aliphatic heterocycles. The molecule has 29 heavy (non-hydrogen) atoms. The second-order valence-electron chi connectivity index (χ2n) is 6.85. The molecule has 5 nitrogen and oxygen atoms in total. The first-order valence-electron chi connectivity index (χ1n) is 9.43. The number of hydrogen-bond donors (Lipinski definition) is 3. The van der Waals surface area contributed by atoms with Crippen molar-refractivity contribution in [3.63, 3.8) is 0 Å². The van der Waals surface area contributed by atoms with Crippen molar-refractivity contribution < 1.29 is 9.18 Å². The fourth-order valence-corrected chi connectivity index (χ4v) is 3.32. The molecule has 4 rings (SSSR count). The quantitative estimate of drug-likeness (QED) is 0.541. The number of benzene rings is 2. The van der Waals surface area contributed by atoms with Gasteiger partial charge >= 0.3 is 0 Å². The third-order valence-electron chi connectivity index (χ3n) is 4.81. The Balaban J connectivity index is 1.43. The molecule has 0 atom stereocenters. The Kier molecular flexibility index (Phi) is 5.24. The van der Waals surface area contributed by atoms with Crippen molar-refractivity contribution in [3.8, 4) is 0 Å². The molecule has 1 amide bonds. The summed E-state index contributed by atoms with van der Waals surface area (Å²) in [4.78, 5) is 16.5. The summed E-state index contributed by atoms with van der Waals surface area (Å²) in [7, 11) is 0. The third kappa shape index (κ3) is 4.11. The number of fused-ring (bicyclic) bond motifs is 1. The summed E-state index contributed by atoms with van der Waals surface area (Å²) >= 11 is 0. The van der Waals surface area contributed by atoms with Crippen LogP contribution in [0.5, 0.6) is 0 Å². The third-order valence-corrected chi connectivity index (χ3v) is 4.81. The number of nitrogens with zero attached hydrogens (tertiary/aromatic N) is 1. The number of carbonyl (C=O) groups is 1. The van der Waals surface area contributed by atoms with Gasteiger partial charge < -0.3 is 16.0 Å². The van der Waals surface area contributed by atoms with Crippen molar-refractivity contribution in [3.05, 3.63) is 89.6 Å². The number of amides is 1. The molecule has 146 valence electrons. The van der Waals surface area contributed by atoms with Crippen LogP contribution in [0, 0.1) is 12.7 Å². The lowest BCUT2D eigenvalue weighted by atomic mass is 10.1. The lowest BCUT2D eigenvalue weighted by Gasteiger charge is -2.11. The molecule has 1 aromatic heterocycles. The van der Waals surface area contributed by atoms with Crippen molar-refractivity contribution in [2.45, 2.75) is 13.3 Å². The second kappa shape index (κ2) is 8.14. The number of pyridine rings is 1. The Morgan fingerprint density at radius 3 is 2.83 bits per heavy atom. The molecule has 3 N–H and O–H groups in total. The van der Waals surface area contributed by atoms with E-state index >= 15 is 0 Å². The highest BCUT2D eigenvalue weighted by Crippen LogP contribution is 2.33. The highest BCUT2D eigenvalue weighted by Gasteiger charge is 2.27. The largest absolute Gasteiger partial charge is 0.384 e. The van der Waals surface area contributed by atoms with Crippen LogP contribution < -0.4 is 16.0 Å². The molecular weight excluding hydrogens is 367 g/mol. The first-order chi connectivity index (χ1) is 14.1. The summed E-state index contributed by atoms with van der Waals surface area (Å²) in [5.74, 6) is -0.736. The van der Waals surface area contributed by atoms with Crippen molar-refractivity contribution >= 4 is 28.5 Å². The molecule has 0 saturated heterocycles. The van der Waals surface area contributed by atoms with Gasteiger partial charge in [-0.05, 0) is 55.0 Å². The van der Waals surface area contributed by atoms with Gasteiger partial charge in [0.15, 0.2) is 0 Å². The number of halogens is 1. The molecule has 0 saturated carbocycles. The summed E-state index contributed by atoms with van der Waals surface area (Å²) in [6.45, 7) is 2.80. The molecule has 0 fully saturated rings. The Hall–Kier alpha value is -3.67. The number of rotatable bonds is 6. The monoisotopic (exact) mass is 388 g/mol. The molecule has 0 radical (unpaired) electrons. The summed E-state index contributed by atoms with van der Waals surface area (Å²) in [5, 5.41) is 9.20. The van der Waals surface area contributed by atoms with E-state index in [0.717, 1.165) is 35.6 Å². The fourth-order valence-electron chi connectivity index (χ4n) is 3.32. The number of aryl methyl sites for hydroxylation is 1. The van der Waals surface area contributed by atoms with Gasteiger partial charge in [0.25, 0.3) is 5.91 Å². The Morgan fingerprint density at radius 2 is 2.03 bits per heavy atom. The minimum Gasteiger partial charge on any atom is -0.384 e. The number of nitrogens with one attached hydrogen (secondary N) is 3. The maximum absolute atomic E-state index is 14.1. The van der Waals surface area contributed by atoms with E-state index in [1.807, 2.05) is 43.3 Å². The number of carbonyl (C=O) groups excluding carboxylic acids is 1. The molecule has 2 aromatic carbocycles. The van der Waals surface area contributed by atoms with E-state index in [1.54, 1.807) is 24.5 Å². The zero-order valence-corrected chi connectivity index (χ0v) is 16.0. The van der Waals surface area contributed by atoms with Crippen LogP contribution in [0.1, 0.15) is 16.8 Å². The molecule has 2 heterocycles. The predicted octanol–water partition coefficient (Wildman–Crippen LogP) is 4.59. The minimum atomic E-state index is -0.419. The number of hydrogen-bond acceptors (Lipinski definition) is 4. The smallest absolute Gasteiger partial charge is 0.257 e. The standard InChI is InChI=1S/C23H21FN4O/c1-15-13-17(8-9-20(15)26-12-10-16-5-2-3-11-25-16)27-14-18-22-19(24)6-4-7-21(22)28-23(18)29/h2-9,11,13-14,26-27H,10,12H2,1H3,(H,28,29). The van der Waals surface area contributed by atoms with Crippen molar-refractivity contribution in [2.24, 2.45) is 0 Å². The molecule has 0 bridgehead atoms. The maximum Gasteiger partial charge on any atom is 0.257 e. The molecule has 0 unspecified atom stereocenters. The highest BCUT2D eigenvalue weighted by atomic mass is 19.1. The zero-order chi connectivity index (χ0) is 20.2. The zero-order valence-electron chi connectivity index (χ0n) is 16.0. The molecule has 6 heteroatoms. The van der Waals surface area contributed by atoms with Gasteiger partial charge in [0.05, 0.1) is 11.3 Å². The minimum absolute atomic E-state index is 0.285. The molecule has 0 aliphatic carbocycles. The van der Waals surface area contributed by atoms with Gasteiger partial charge in [-0.2, -0.15) is 0 Å². The van der Waals surface area contributed by atoms with E-state index in [1.165, 1.54) is 6.07 Å². The Morgan fingerprint density at radius 1 is 1.14 bits per heavy atom. The van der Waals surface area contributed by atoms with E-state index in [2.05, 4.69) is 20.9 Å². The second-order valence-corrected chi connectivity index (χ2v) is 6.85. The van der Waals surface area contributed by atoms with Gasteiger partial charge in [0.2, 0.25) is 0 Å². The maximum atomic E-state index is 14.1. The normalized spacial score (nSPS) is 13.9. The van der Waals surface area contributed by atoms with Gasteiger partial charge in [-0.1, -0.05) is 12.1 Å². The van der Waals surface area contributed by atoms with Crippen LogP contribution in [-0.2, 0) is 11.2 Å². The predicted molar refractivity (Wildman–Crippen MR) is 114 cm³/mol. The van der Waals surface area contributed by atoms with Crippen molar-refractivity contribution in [1.82, 2.24) is 4.98 Å². The SMILES string of the molecule is Cc1cc(NC=C2C(=O)Nc3cccc(F)c32)ccc1NCCc1ccccn1. The summed E-state index contributed by atoms with van der Waals surface area (Å²) < 4.78 is 14.1. The molecule has 3 aromatic rings. The summed E-state index contributed by atoms with van der Waals surface area (Å²) in [5.41, 5.74) is 5.05. The molecular formula is C23H21FN4O. The Bertz CT molecular complexity index is 1080. The van der Waals surface area contributed by atoms with Crippen LogP contribution in [0.4, 0.5) is 21.5 Å². The first-order valence-corrected chi connectivity index (χ1v) is 9.43. The molecule has 1 aliphatic rings. The van der Waals surface area contributed by atoms with E-state index in [-0.39, 0.29) is 11.5 Å². The summed E-state index contributed by atoms with van der Waals surface area (Å²) in [6.07, 6.45) is 4.18. The van der Waals surface area contributed by atoms with Gasteiger partial charge in [-0.3, -0.25) is 9.78 Å². The number of anilines is 3. The molecule has 0 spiro atoms. The fraction of sp³-hybridized carbons (Fsp3) is 0.130. The van der Waals surface area contributed by atoms with Gasteiger partial charge in [-0.25, -0.2) is 4.39 Å². The van der Waals surface area contributed by atoms with Crippen LogP contribution in [0.2, 0.25) is 0 Å². The lowest BCUT2D eigenvalue weighted by molar-refractivity contribution is -0.110. The van der Waals surface area contributed by atoms with Crippen LogP contribution in [0.3, 0.4) is 0 Å². The summed E-state index contributed by atoms with van der Waals surface area (Å²) in [6, 6.07) is 16.4. The van der Waals surface area contributed by atoms with Gasteiger partial charge in [0, 0.05) is 48.0 Å². The van der Waals surface area contributed by atoms with Crippen LogP contribution in [-0.4, -0.2) is 17.4 Å². The topological polar surface area (TPSA) is 66.1 Å². The van der Waals surface area contributed by atoms with Crippen molar-refractivity contribution in [2.75, 3.05) is 22.5 Å². The van der Waals surface area contributed by atoms with Crippen LogP contribution in [0.15, 0.2) is 67.0 Å². The lowest BCUT2D eigenvalue weighted by Crippen LogP contribution is -2.07. The van der Waals surface area contributed by atoms with Crippen LogP contribution >= 0.6 is 0 Å². The van der Waals surface area contributed by atoms with E-state index in [9.17, 15) is 9.18 Å². The van der Waals surface area contributed by atoms with E-state index in [4.69, 9.17) is 0 Å². The number of aromatic nitrogens is 1. The van der Waals surface area contributed by atoms with Gasteiger partial charge in [0.1, 0.15) is 5.82 Å². The van der Waals surface area contributed by atoms with Crippen molar-refractivity contribution in [1.29, 1.82) is 0 Å². The average Bonchev–Trinajstić information content (AvgIpc) is 3.05. The van der Waals surface area contributed by atoms with E-state index in [0.29, 0.717) is 11.3 Å².